The van der Waals surface area contributed by atoms with E-state index in [1.54, 1.807) is 12.1 Å². The molecule has 3 aromatic heterocycles. The van der Waals surface area contributed by atoms with E-state index in [2.05, 4.69) is 31.0 Å². The average molecular weight is 393 g/mol. The predicted octanol–water partition coefficient (Wildman–Crippen LogP) is 2.51. The number of hydrogen-bond donors (Lipinski definition) is 1. The third-order valence-corrected chi connectivity index (χ3v) is 5.03. The SMILES string of the molecule is CC(F)Oc1cccc2c1nc(N)n1nc(CCN3Cc4cccnc4C3)nc21. The standard InChI is InChI=1S/C20H20FN7O/c1-12(21)29-16-6-2-5-14-18(16)25-20(22)28-19(14)24-17(26-28)7-9-27-10-13-4-3-8-23-15(13)11-27/h2-6,8,12H,7,9-11H2,1H3,(H2,22,25). The van der Waals surface area contributed by atoms with Gasteiger partial charge in [-0.15, -0.1) is 5.10 Å². The Bertz CT molecular complexity index is 1180. The van der Waals surface area contributed by atoms with Crippen molar-refractivity contribution in [3.63, 3.8) is 0 Å². The number of aromatic nitrogens is 5. The van der Waals surface area contributed by atoms with E-state index in [0.29, 0.717) is 34.5 Å². The highest BCUT2D eigenvalue weighted by Gasteiger charge is 2.20. The third kappa shape index (κ3) is 3.23. The molecule has 4 heterocycles. The Morgan fingerprint density at radius 1 is 1.21 bits per heavy atom. The Labute approximate surface area is 166 Å². The van der Waals surface area contributed by atoms with Gasteiger partial charge in [0.1, 0.15) is 11.3 Å². The molecule has 0 radical (unpaired) electrons. The predicted molar refractivity (Wildman–Crippen MR) is 106 cm³/mol. The molecule has 2 N–H and O–H groups in total. The van der Waals surface area contributed by atoms with Gasteiger partial charge in [-0.2, -0.15) is 4.52 Å². The maximum atomic E-state index is 13.4. The largest absolute Gasteiger partial charge is 0.458 e. The average Bonchev–Trinajstić information content (AvgIpc) is 3.31. The fourth-order valence-electron chi connectivity index (χ4n) is 3.73. The summed E-state index contributed by atoms with van der Waals surface area (Å²) < 4.78 is 20.1. The molecular weight excluding hydrogens is 373 g/mol. The molecule has 1 atom stereocenters. The molecule has 4 aromatic rings. The van der Waals surface area contributed by atoms with Crippen molar-refractivity contribution < 1.29 is 9.13 Å². The summed E-state index contributed by atoms with van der Waals surface area (Å²) in [5, 5.41) is 5.24. The van der Waals surface area contributed by atoms with Crippen molar-refractivity contribution in [2.45, 2.75) is 32.8 Å². The second kappa shape index (κ2) is 6.93. The van der Waals surface area contributed by atoms with E-state index in [-0.39, 0.29) is 5.95 Å². The minimum atomic E-state index is -1.45. The summed E-state index contributed by atoms with van der Waals surface area (Å²) in [4.78, 5) is 15.8. The summed E-state index contributed by atoms with van der Waals surface area (Å²) in [6, 6.07) is 9.38. The number of hydrogen-bond acceptors (Lipinski definition) is 7. The maximum Gasteiger partial charge on any atom is 0.235 e. The van der Waals surface area contributed by atoms with Crippen molar-refractivity contribution in [3.05, 3.63) is 53.6 Å². The number of nitrogens with two attached hydrogens (primary N) is 1. The fraction of sp³-hybridized carbons (Fsp3) is 0.300. The number of para-hydroxylation sites is 1. The highest BCUT2D eigenvalue weighted by molar-refractivity contribution is 5.95. The van der Waals surface area contributed by atoms with E-state index in [9.17, 15) is 4.39 Å². The molecule has 0 bridgehead atoms. The van der Waals surface area contributed by atoms with Crippen LogP contribution >= 0.6 is 0 Å². The van der Waals surface area contributed by atoms with Crippen LogP contribution in [0, 0.1) is 0 Å². The number of halogens is 1. The van der Waals surface area contributed by atoms with Crippen LogP contribution in [-0.4, -0.2) is 42.4 Å². The molecule has 1 aliphatic heterocycles. The van der Waals surface area contributed by atoms with Crippen molar-refractivity contribution >= 4 is 22.5 Å². The van der Waals surface area contributed by atoms with E-state index in [4.69, 9.17) is 10.5 Å². The van der Waals surface area contributed by atoms with Gasteiger partial charge in [0.25, 0.3) is 0 Å². The minimum absolute atomic E-state index is 0.187. The smallest absolute Gasteiger partial charge is 0.235 e. The van der Waals surface area contributed by atoms with Crippen molar-refractivity contribution in [1.82, 2.24) is 29.5 Å². The lowest BCUT2D eigenvalue weighted by molar-refractivity contribution is 0.0875. The Morgan fingerprint density at radius 2 is 2.10 bits per heavy atom. The van der Waals surface area contributed by atoms with E-state index >= 15 is 0 Å². The molecular formula is C20H20FN7O. The zero-order valence-electron chi connectivity index (χ0n) is 15.9. The van der Waals surface area contributed by atoms with Gasteiger partial charge in [0.15, 0.2) is 11.5 Å². The van der Waals surface area contributed by atoms with Gasteiger partial charge >= 0.3 is 0 Å². The molecule has 0 spiro atoms. The molecule has 8 nitrogen and oxygen atoms in total. The zero-order valence-corrected chi connectivity index (χ0v) is 15.9. The van der Waals surface area contributed by atoms with Crippen LogP contribution in [0.15, 0.2) is 36.5 Å². The molecule has 0 amide bonds. The Balaban J connectivity index is 1.43. The van der Waals surface area contributed by atoms with Gasteiger partial charge in [-0.05, 0) is 23.8 Å². The second-order valence-electron chi connectivity index (χ2n) is 7.12. The lowest BCUT2D eigenvalue weighted by atomic mass is 10.2. The first kappa shape index (κ1) is 17.7. The van der Waals surface area contributed by atoms with Crippen LogP contribution < -0.4 is 10.5 Å². The molecule has 0 fully saturated rings. The van der Waals surface area contributed by atoms with Crippen molar-refractivity contribution in [2.75, 3.05) is 12.3 Å². The van der Waals surface area contributed by atoms with Crippen LogP contribution in [-0.2, 0) is 19.5 Å². The lowest BCUT2D eigenvalue weighted by Crippen LogP contribution is -2.20. The van der Waals surface area contributed by atoms with Gasteiger partial charge in [-0.3, -0.25) is 9.88 Å². The summed E-state index contributed by atoms with van der Waals surface area (Å²) in [6.07, 6.45) is 1.05. The van der Waals surface area contributed by atoms with E-state index in [0.717, 1.165) is 25.3 Å². The van der Waals surface area contributed by atoms with Gasteiger partial charge in [-0.1, -0.05) is 12.1 Å². The van der Waals surface area contributed by atoms with Gasteiger partial charge < -0.3 is 10.5 Å². The summed E-state index contributed by atoms with van der Waals surface area (Å²) in [5.41, 5.74) is 9.55. The Kier molecular flexibility index (Phi) is 4.24. The third-order valence-electron chi connectivity index (χ3n) is 5.03. The van der Waals surface area contributed by atoms with Crippen LogP contribution in [0.4, 0.5) is 10.3 Å². The molecule has 148 valence electrons. The quantitative estimate of drug-likeness (QED) is 0.557. The first-order valence-electron chi connectivity index (χ1n) is 9.48. The highest BCUT2D eigenvalue weighted by Crippen LogP contribution is 2.28. The number of ether oxygens (including phenoxy) is 1. The first-order chi connectivity index (χ1) is 14.1. The zero-order chi connectivity index (χ0) is 20.0. The number of anilines is 1. The molecule has 0 saturated heterocycles. The van der Waals surface area contributed by atoms with Gasteiger partial charge in [0.2, 0.25) is 12.3 Å². The number of nitrogens with zero attached hydrogens (tertiary/aromatic N) is 6. The Hall–Kier alpha value is -3.33. The topological polar surface area (TPSA) is 94.5 Å². The van der Waals surface area contributed by atoms with Crippen molar-refractivity contribution in [2.24, 2.45) is 0 Å². The minimum Gasteiger partial charge on any atom is -0.458 e. The molecule has 29 heavy (non-hydrogen) atoms. The van der Waals surface area contributed by atoms with Gasteiger partial charge in [0, 0.05) is 44.6 Å². The fourth-order valence-corrected chi connectivity index (χ4v) is 3.73. The second-order valence-corrected chi connectivity index (χ2v) is 7.12. The normalized spacial score (nSPS) is 15.1. The molecule has 1 aliphatic rings. The summed E-state index contributed by atoms with van der Waals surface area (Å²) in [5.74, 6) is 1.20. The highest BCUT2D eigenvalue weighted by atomic mass is 19.1. The van der Waals surface area contributed by atoms with E-state index in [1.165, 1.54) is 17.0 Å². The molecule has 5 rings (SSSR count). The van der Waals surface area contributed by atoms with E-state index in [1.807, 2.05) is 18.3 Å². The van der Waals surface area contributed by atoms with Crippen molar-refractivity contribution in [1.29, 1.82) is 0 Å². The van der Waals surface area contributed by atoms with Crippen LogP contribution in [0.1, 0.15) is 24.0 Å². The van der Waals surface area contributed by atoms with Gasteiger partial charge in [0.05, 0.1) is 5.69 Å². The lowest BCUT2D eigenvalue weighted by Gasteiger charge is -2.12. The number of fused-ring (bicyclic) bond motifs is 4. The molecule has 1 unspecified atom stereocenters. The number of pyridine rings is 1. The van der Waals surface area contributed by atoms with Crippen LogP contribution in [0.5, 0.6) is 5.75 Å². The number of alkyl halides is 1. The summed E-state index contributed by atoms with van der Waals surface area (Å²) >= 11 is 0. The van der Waals surface area contributed by atoms with Crippen LogP contribution in [0.25, 0.3) is 16.6 Å². The first-order valence-corrected chi connectivity index (χ1v) is 9.48. The van der Waals surface area contributed by atoms with Crippen molar-refractivity contribution in [3.8, 4) is 5.75 Å². The molecule has 1 aromatic carbocycles. The molecule has 9 heteroatoms. The monoisotopic (exact) mass is 393 g/mol. The number of benzene rings is 1. The number of nitrogen functional groups attached to an aromatic ring is 1. The van der Waals surface area contributed by atoms with Crippen LogP contribution in [0.3, 0.4) is 0 Å². The van der Waals surface area contributed by atoms with Crippen LogP contribution in [0.2, 0.25) is 0 Å². The van der Waals surface area contributed by atoms with Gasteiger partial charge in [-0.25, -0.2) is 14.4 Å². The summed E-state index contributed by atoms with van der Waals surface area (Å²) in [6.45, 7) is 3.85. The Morgan fingerprint density at radius 3 is 2.93 bits per heavy atom. The molecule has 0 aliphatic carbocycles. The maximum absolute atomic E-state index is 13.4. The molecule has 0 saturated carbocycles. The van der Waals surface area contributed by atoms with E-state index < -0.39 is 6.36 Å². The summed E-state index contributed by atoms with van der Waals surface area (Å²) in [7, 11) is 0. The number of rotatable bonds is 5.